The fourth-order valence-electron chi connectivity index (χ4n) is 0.917. The molecular formula is C9H7ClF2N2. The molecule has 0 aliphatic carbocycles. The van der Waals surface area contributed by atoms with Crippen LogP contribution in [-0.2, 0) is 0 Å². The van der Waals surface area contributed by atoms with Gasteiger partial charge in [-0.3, -0.25) is 0 Å². The van der Waals surface area contributed by atoms with Crippen molar-refractivity contribution < 1.29 is 8.78 Å². The molecule has 0 radical (unpaired) electrons. The zero-order valence-electron chi connectivity index (χ0n) is 7.10. The van der Waals surface area contributed by atoms with E-state index >= 15 is 0 Å². The van der Waals surface area contributed by atoms with Gasteiger partial charge in [-0.2, -0.15) is 5.26 Å². The molecule has 0 fully saturated rings. The van der Waals surface area contributed by atoms with Crippen molar-refractivity contribution in [2.75, 3.05) is 11.9 Å². The van der Waals surface area contributed by atoms with Crippen LogP contribution in [-0.4, -0.2) is 13.0 Å². The first kappa shape index (κ1) is 10.7. The maximum absolute atomic E-state index is 11.9. The van der Waals surface area contributed by atoms with Crippen LogP contribution < -0.4 is 5.32 Å². The minimum atomic E-state index is -2.45. The van der Waals surface area contributed by atoms with Gasteiger partial charge in [0.05, 0.1) is 28.9 Å². The van der Waals surface area contributed by atoms with E-state index in [4.69, 9.17) is 16.9 Å². The number of nitrogens with zero attached hydrogens (tertiary/aromatic N) is 1. The number of rotatable bonds is 3. The first-order valence-electron chi connectivity index (χ1n) is 3.85. The van der Waals surface area contributed by atoms with E-state index in [1.54, 1.807) is 0 Å². The molecule has 0 saturated heterocycles. The molecule has 0 heterocycles. The van der Waals surface area contributed by atoms with E-state index in [-0.39, 0.29) is 0 Å². The number of hydrogen-bond acceptors (Lipinski definition) is 2. The Morgan fingerprint density at radius 1 is 1.50 bits per heavy atom. The summed E-state index contributed by atoms with van der Waals surface area (Å²) in [5.74, 6) is 0. The lowest BCUT2D eigenvalue weighted by Gasteiger charge is -2.07. The zero-order valence-corrected chi connectivity index (χ0v) is 7.85. The second-order valence-electron chi connectivity index (χ2n) is 2.58. The molecule has 0 bridgehead atoms. The van der Waals surface area contributed by atoms with Crippen LogP contribution in [0, 0.1) is 11.3 Å². The highest BCUT2D eigenvalue weighted by atomic mass is 35.5. The summed E-state index contributed by atoms with van der Waals surface area (Å²) < 4.78 is 23.7. The van der Waals surface area contributed by atoms with Crippen molar-refractivity contribution in [1.82, 2.24) is 0 Å². The predicted octanol–water partition coefficient (Wildman–Crippen LogP) is 2.89. The Kier molecular flexibility index (Phi) is 3.66. The van der Waals surface area contributed by atoms with Gasteiger partial charge in [-0.1, -0.05) is 11.6 Å². The molecule has 0 aromatic heterocycles. The van der Waals surface area contributed by atoms with Gasteiger partial charge in [0.1, 0.15) is 0 Å². The summed E-state index contributed by atoms with van der Waals surface area (Å²) in [6.07, 6.45) is -2.45. The van der Waals surface area contributed by atoms with Gasteiger partial charge in [0.15, 0.2) is 0 Å². The molecule has 1 aromatic carbocycles. The number of alkyl halides is 2. The van der Waals surface area contributed by atoms with Crippen molar-refractivity contribution in [3.8, 4) is 6.07 Å². The van der Waals surface area contributed by atoms with E-state index in [0.717, 1.165) is 0 Å². The summed E-state index contributed by atoms with van der Waals surface area (Å²) in [5.41, 5.74) is 0.734. The molecule has 0 atom stereocenters. The highest BCUT2D eigenvalue weighted by Crippen LogP contribution is 2.22. The summed E-state index contributed by atoms with van der Waals surface area (Å²) >= 11 is 5.72. The zero-order chi connectivity index (χ0) is 10.6. The Hall–Kier alpha value is -1.34. The van der Waals surface area contributed by atoms with Crippen LogP contribution in [0.15, 0.2) is 18.2 Å². The Morgan fingerprint density at radius 2 is 2.21 bits per heavy atom. The third kappa shape index (κ3) is 2.86. The van der Waals surface area contributed by atoms with Gasteiger partial charge in [-0.05, 0) is 18.2 Å². The highest BCUT2D eigenvalue weighted by Gasteiger charge is 2.05. The summed E-state index contributed by atoms with van der Waals surface area (Å²) in [4.78, 5) is 0. The molecule has 5 heteroatoms. The van der Waals surface area contributed by atoms with E-state index < -0.39 is 13.0 Å². The molecule has 1 N–H and O–H groups in total. The van der Waals surface area contributed by atoms with Crippen LogP contribution in [0.25, 0.3) is 0 Å². The minimum absolute atomic E-state index is 0.324. The summed E-state index contributed by atoms with van der Waals surface area (Å²) in [6, 6.07) is 6.35. The number of benzene rings is 1. The second kappa shape index (κ2) is 4.77. The standard InChI is InChI=1S/C9H7ClF2N2/c10-7-2-1-6(4-13)3-8(7)14-5-9(11)12/h1-3,9,14H,5H2. The minimum Gasteiger partial charge on any atom is -0.378 e. The van der Waals surface area contributed by atoms with Crippen LogP contribution in [0.4, 0.5) is 14.5 Å². The summed E-state index contributed by atoms with van der Waals surface area (Å²) in [6.45, 7) is -0.478. The van der Waals surface area contributed by atoms with Crippen molar-refractivity contribution in [3.63, 3.8) is 0 Å². The van der Waals surface area contributed by atoms with Gasteiger partial charge in [0, 0.05) is 0 Å². The molecule has 0 saturated carbocycles. The van der Waals surface area contributed by atoms with Gasteiger partial charge in [-0.25, -0.2) is 8.78 Å². The van der Waals surface area contributed by atoms with Gasteiger partial charge >= 0.3 is 0 Å². The lowest BCUT2D eigenvalue weighted by Crippen LogP contribution is -2.10. The Bertz CT molecular complexity index is 360. The molecule has 1 aromatic rings. The normalized spacial score (nSPS) is 9.93. The topological polar surface area (TPSA) is 35.8 Å². The predicted molar refractivity (Wildman–Crippen MR) is 50.7 cm³/mol. The number of hydrogen-bond donors (Lipinski definition) is 1. The van der Waals surface area contributed by atoms with Crippen LogP contribution in [0.5, 0.6) is 0 Å². The van der Waals surface area contributed by atoms with Gasteiger partial charge in [-0.15, -0.1) is 0 Å². The Labute approximate surface area is 85.1 Å². The first-order valence-corrected chi connectivity index (χ1v) is 4.23. The molecule has 0 aliphatic rings. The van der Waals surface area contributed by atoms with Crippen molar-refractivity contribution in [1.29, 1.82) is 5.26 Å². The lowest BCUT2D eigenvalue weighted by atomic mass is 10.2. The maximum Gasteiger partial charge on any atom is 0.255 e. The molecule has 0 spiro atoms. The van der Waals surface area contributed by atoms with Crippen molar-refractivity contribution in [2.24, 2.45) is 0 Å². The molecule has 0 aliphatic heterocycles. The van der Waals surface area contributed by atoms with E-state index in [0.29, 0.717) is 16.3 Å². The van der Waals surface area contributed by atoms with Crippen LogP contribution in [0.1, 0.15) is 5.56 Å². The van der Waals surface area contributed by atoms with E-state index in [1.165, 1.54) is 18.2 Å². The van der Waals surface area contributed by atoms with E-state index in [9.17, 15) is 8.78 Å². The fraction of sp³-hybridized carbons (Fsp3) is 0.222. The van der Waals surface area contributed by atoms with Crippen molar-refractivity contribution >= 4 is 17.3 Å². The molecule has 0 unspecified atom stereocenters. The van der Waals surface area contributed by atoms with Gasteiger partial charge in [0.2, 0.25) is 0 Å². The van der Waals surface area contributed by atoms with Gasteiger partial charge in [0.25, 0.3) is 6.43 Å². The van der Waals surface area contributed by atoms with Crippen LogP contribution >= 0.6 is 11.6 Å². The molecule has 2 nitrogen and oxygen atoms in total. The SMILES string of the molecule is N#Cc1ccc(Cl)c(NCC(F)F)c1. The average Bonchev–Trinajstić information content (AvgIpc) is 2.16. The fourth-order valence-corrected chi connectivity index (χ4v) is 1.10. The largest absolute Gasteiger partial charge is 0.378 e. The first-order chi connectivity index (χ1) is 6.63. The molecule has 74 valence electrons. The highest BCUT2D eigenvalue weighted by molar-refractivity contribution is 6.33. The van der Waals surface area contributed by atoms with Crippen LogP contribution in [0.2, 0.25) is 5.02 Å². The average molecular weight is 217 g/mol. The third-order valence-electron chi connectivity index (χ3n) is 1.54. The molecule has 14 heavy (non-hydrogen) atoms. The monoisotopic (exact) mass is 216 g/mol. The quantitative estimate of drug-likeness (QED) is 0.843. The second-order valence-corrected chi connectivity index (χ2v) is 2.99. The van der Waals surface area contributed by atoms with Gasteiger partial charge < -0.3 is 5.32 Å². The summed E-state index contributed by atoms with van der Waals surface area (Å²) in [5, 5.41) is 11.3. The molecule has 1 rings (SSSR count). The molecule has 0 amide bonds. The number of anilines is 1. The third-order valence-corrected chi connectivity index (χ3v) is 1.87. The number of nitrogens with one attached hydrogen (secondary N) is 1. The van der Waals surface area contributed by atoms with Crippen molar-refractivity contribution in [2.45, 2.75) is 6.43 Å². The number of nitriles is 1. The summed E-state index contributed by atoms with van der Waals surface area (Å²) in [7, 11) is 0. The number of halogens is 3. The molecular weight excluding hydrogens is 210 g/mol. The van der Waals surface area contributed by atoms with E-state index in [2.05, 4.69) is 5.32 Å². The van der Waals surface area contributed by atoms with E-state index in [1.807, 2.05) is 6.07 Å². The van der Waals surface area contributed by atoms with Crippen molar-refractivity contribution in [3.05, 3.63) is 28.8 Å². The smallest absolute Gasteiger partial charge is 0.255 e. The maximum atomic E-state index is 11.9. The Balaban J connectivity index is 2.80. The Morgan fingerprint density at radius 3 is 2.79 bits per heavy atom. The lowest BCUT2D eigenvalue weighted by molar-refractivity contribution is 0.163. The van der Waals surface area contributed by atoms with Crippen LogP contribution in [0.3, 0.4) is 0 Å².